The summed E-state index contributed by atoms with van der Waals surface area (Å²) in [5.41, 5.74) is 0.616. The van der Waals surface area contributed by atoms with Crippen LogP contribution in [0, 0.1) is 5.41 Å². The third-order valence-electron chi connectivity index (χ3n) is 4.93. The maximum atomic E-state index is 12.4. The molecule has 1 aromatic carbocycles. The molecule has 0 aromatic heterocycles. The summed E-state index contributed by atoms with van der Waals surface area (Å²) in [6, 6.07) is 10.1. The van der Waals surface area contributed by atoms with E-state index in [1.807, 2.05) is 51.1 Å². The topological polar surface area (TPSA) is 44.8 Å². The molecule has 0 bridgehead atoms. The molecule has 0 saturated carbocycles. The first-order chi connectivity index (χ1) is 12.0. The van der Waals surface area contributed by atoms with Gasteiger partial charge >= 0.3 is 0 Å². The maximum Gasteiger partial charge on any atom is 0.157 e. The molecular weight excluding hydrogens is 316 g/mol. The average Bonchev–Trinajstić information content (AvgIpc) is 2.65. The fourth-order valence-corrected chi connectivity index (χ4v) is 3.19. The first-order valence-electron chi connectivity index (χ1n) is 9.46. The molecule has 0 aliphatic carbocycles. The van der Waals surface area contributed by atoms with Crippen LogP contribution >= 0.6 is 0 Å². The van der Waals surface area contributed by atoms with Crippen molar-refractivity contribution in [3.63, 3.8) is 0 Å². The van der Waals surface area contributed by atoms with Gasteiger partial charge in [0.25, 0.3) is 0 Å². The molecule has 1 fully saturated rings. The second-order valence-electron chi connectivity index (χ2n) is 7.25. The highest BCUT2D eigenvalue weighted by molar-refractivity contribution is 5.84. The monoisotopic (exact) mass is 348 g/mol. The number of hydrogen-bond acceptors (Lipinski definition) is 4. The average molecular weight is 348 g/mol. The first kappa shape index (κ1) is 20.1. The summed E-state index contributed by atoms with van der Waals surface area (Å²) in [6.45, 7) is 7.74. The fraction of sp³-hybridized carbons (Fsp3) is 0.667. The van der Waals surface area contributed by atoms with E-state index in [9.17, 15) is 4.79 Å². The van der Waals surface area contributed by atoms with E-state index in [2.05, 4.69) is 0 Å². The van der Waals surface area contributed by atoms with Crippen LogP contribution in [0.2, 0.25) is 0 Å². The van der Waals surface area contributed by atoms with Crippen molar-refractivity contribution in [2.45, 2.75) is 71.9 Å². The van der Waals surface area contributed by atoms with Crippen molar-refractivity contribution in [3.05, 3.63) is 35.9 Å². The second-order valence-corrected chi connectivity index (χ2v) is 7.25. The Labute approximate surface area is 151 Å². The molecule has 1 heterocycles. The number of rotatable bonds is 10. The van der Waals surface area contributed by atoms with Gasteiger partial charge in [0, 0.05) is 25.0 Å². The van der Waals surface area contributed by atoms with Crippen LogP contribution in [0.4, 0.5) is 0 Å². The van der Waals surface area contributed by atoms with Gasteiger partial charge in [0.05, 0.1) is 12.7 Å². The molecule has 1 saturated heterocycles. The lowest BCUT2D eigenvalue weighted by Gasteiger charge is -2.36. The summed E-state index contributed by atoms with van der Waals surface area (Å²) in [6.07, 6.45) is 3.91. The van der Waals surface area contributed by atoms with Crippen molar-refractivity contribution >= 4 is 5.78 Å². The molecule has 0 amide bonds. The molecule has 2 atom stereocenters. The highest BCUT2D eigenvalue weighted by atomic mass is 16.7. The van der Waals surface area contributed by atoms with Gasteiger partial charge in [0.1, 0.15) is 5.78 Å². The van der Waals surface area contributed by atoms with E-state index in [0.717, 1.165) is 31.4 Å². The highest BCUT2D eigenvalue weighted by Crippen LogP contribution is 2.31. The summed E-state index contributed by atoms with van der Waals surface area (Å²) < 4.78 is 17.7. The normalized spacial score (nSPS) is 19.6. The van der Waals surface area contributed by atoms with E-state index in [1.54, 1.807) is 0 Å². The standard InChI is InChI=1S/C21H32O4/c1-4-18(22)21(2,3)19(25-20-12-8-9-14-24-20)13-15-23-16-17-10-6-5-7-11-17/h5-7,10-11,19-20H,4,8-9,12-16H2,1-3H3/t19-,20?/m0/s1. The summed E-state index contributed by atoms with van der Waals surface area (Å²) in [4.78, 5) is 12.4. The molecule has 1 aliphatic rings. The van der Waals surface area contributed by atoms with Crippen molar-refractivity contribution in [1.82, 2.24) is 0 Å². The number of ether oxygens (including phenoxy) is 3. The lowest BCUT2D eigenvalue weighted by Crippen LogP contribution is -2.42. The van der Waals surface area contributed by atoms with Crippen LogP contribution in [-0.2, 0) is 25.6 Å². The smallest absolute Gasteiger partial charge is 0.157 e. The van der Waals surface area contributed by atoms with E-state index < -0.39 is 5.41 Å². The lowest BCUT2D eigenvalue weighted by molar-refractivity contribution is -0.212. The molecule has 0 radical (unpaired) electrons. The third-order valence-corrected chi connectivity index (χ3v) is 4.93. The van der Waals surface area contributed by atoms with Crippen LogP contribution in [0.1, 0.15) is 58.4 Å². The van der Waals surface area contributed by atoms with Gasteiger partial charge < -0.3 is 14.2 Å². The number of carbonyl (C=O) groups excluding carboxylic acids is 1. The van der Waals surface area contributed by atoms with E-state index in [-0.39, 0.29) is 18.2 Å². The van der Waals surface area contributed by atoms with Gasteiger partial charge in [-0.25, -0.2) is 0 Å². The Balaban J connectivity index is 1.89. The van der Waals surface area contributed by atoms with E-state index in [0.29, 0.717) is 26.1 Å². The van der Waals surface area contributed by atoms with Crippen molar-refractivity contribution in [2.24, 2.45) is 5.41 Å². The molecule has 25 heavy (non-hydrogen) atoms. The summed E-state index contributed by atoms with van der Waals surface area (Å²) in [7, 11) is 0. The molecule has 1 unspecified atom stereocenters. The zero-order chi connectivity index (χ0) is 18.1. The van der Waals surface area contributed by atoms with Crippen LogP contribution in [0.25, 0.3) is 0 Å². The number of carbonyl (C=O) groups is 1. The lowest BCUT2D eigenvalue weighted by atomic mass is 9.79. The number of ketones is 1. The van der Waals surface area contributed by atoms with E-state index >= 15 is 0 Å². The zero-order valence-corrected chi connectivity index (χ0v) is 15.8. The van der Waals surface area contributed by atoms with Gasteiger partial charge in [-0.3, -0.25) is 4.79 Å². The van der Waals surface area contributed by atoms with Crippen LogP contribution in [-0.4, -0.2) is 31.4 Å². The molecule has 1 aromatic rings. The molecule has 4 nitrogen and oxygen atoms in total. The minimum Gasteiger partial charge on any atom is -0.377 e. The Bertz CT molecular complexity index is 506. The Kier molecular flexibility index (Phi) is 8.07. The largest absolute Gasteiger partial charge is 0.377 e. The van der Waals surface area contributed by atoms with Crippen molar-refractivity contribution in [2.75, 3.05) is 13.2 Å². The molecule has 4 heteroatoms. The Morgan fingerprint density at radius 3 is 2.68 bits per heavy atom. The third kappa shape index (κ3) is 6.21. The first-order valence-corrected chi connectivity index (χ1v) is 9.46. The molecule has 0 spiro atoms. The highest BCUT2D eigenvalue weighted by Gasteiger charge is 2.38. The number of Topliss-reactive ketones (excluding diaryl/α,β-unsaturated/α-hetero) is 1. The number of hydrogen-bond donors (Lipinski definition) is 0. The summed E-state index contributed by atoms with van der Waals surface area (Å²) in [5, 5.41) is 0. The number of benzene rings is 1. The van der Waals surface area contributed by atoms with Crippen molar-refractivity contribution < 1.29 is 19.0 Å². The van der Waals surface area contributed by atoms with Crippen molar-refractivity contribution in [1.29, 1.82) is 0 Å². The van der Waals surface area contributed by atoms with Gasteiger partial charge in [0.2, 0.25) is 0 Å². The van der Waals surface area contributed by atoms with Crippen LogP contribution < -0.4 is 0 Å². The Morgan fingerprint density at radius 1 is 1.28 bits per heavy atom. The van der Waals surface area contributed by atoms with Crippen LogP contribution in [0.3, 0.4) is 0 Å². The molecule has 0 N–H and O–H groups in total. The summed E-state index contributed by atoms with van der Waals surface area (Å²) >= 11 is 0. The summed E-state index contributed by atoms with van der Waals surface area (Å²) in [5.74, 6) is 0.219. The van der Waals surface area contributed by atoms with Crippen LogP contribution in [0.15, 0.2) is 30.3 Å². The van der Waals surface area contributed by atoms with Crippen molar-refractivity contribution in [3.8, 4) is 0 Å². The van der Waals surface area contributed by atoms with Gasteiger partial charge in [-0.1, -0.05) is 51.1 Å². The Hall–Kier alpha value is -1.23. The van der Waals surface area contributed by atoms with Gasteiger partial charge in [-0.15, -0.1) is 0 Å². The zero-order valence-electron chi connectivity index (χ0n) is 15.8. The second kappa shape index (κ2) is 10.0. The quantitative estimate of drug-likeness (QED) is 0.584. The Morgan fingerprint density at radius 2 is 2.04 bits per heavy atom. The van der Waals surface area contributed by atoms with Gasteiger partial charge in [-0.05, 0) is 31.2 Å². The van der Waals surface area contributed by atoms with E-state index in [4.69, 9.17) is 14.2 Å². The maximum absolute atomic E-state index is 12.4. The molecule has 2 rings (SSSR count). The van der Waals surface area contributed by atoms with Gasteiger partial charge in [0.15, 0.2) is 6.29 Å². The predicted molar refractivity (Wildman–Crippen MR) is 98.3 cm³/mol. The molecule has 140 valence electrons. The molecule has 1 aliphatic heterocycles. The van der Waals surface area contributed by atoms with Crippen LogP contribution in [0.5, 0.6) is 0 Å². The van der Waals surface area contributed by atoms with Gasteiger partial charge in [-0.2, -0.15) is 0 Å². The molecular formula is C21H32O4. The minimum atomic E-state index is -0.536. The minimum absolute atomic E-state index is 0.196. The predicted octanol–water partition coefficient (Wildman–Crippen LogP) is 4.51. The van der Waals surface area contributed by atoms with E-state index in [1.165, 1.54) is 0 Å². The SMILES string of the molecule is CCC(=O)C(C)(C)[C@H](CCOCc1ccccc1)OC1CCCCO1. The fourth-order valence-electron chi connectivity index (χ4n) is 3.19.